The molecule has 1 aromatic rings. The first-order valence-electron chi connectivity index (χ1n) is 8.26. The van der Waals surface area contributed by atoms with Crippen LogP contribution < -0.4 is 5.32 Å². The number of nitrogens with zero attached hydrogens (tertiary/aromatic N) is 1. The second kappa shape index (κ2) is 6.11. The van der Waals surface area contributed by atoms with Crippen molar-refractivity contribution in [1.29, 1.82) is 0 Å². The van der Waals surface area contributed by atoms with E-state index in [2.05, 4.69) is 5.32 Å². The Bertz CT molecular complexity index is 750. The van der Waals surface area contributed by atoms with E-state index in [-0.39, 0.29) is 28.9 Å². The summed E-state index contributed by atoms with van der Waals surface area (Å²) in [5, 5.41) is 2.73. The Hall–Kier alpha value is -1.47. The Labute approximate surface area is 142 Å². The number of rotatable bonds is 5. The van der Waals surface area contributed by atoms with Crippen molar-refractivity contribution in [2.24, 2.45) is 17.3 Å². The number of halogens is 1. The lowest BCUT2D eigenvalue weighted by Crippen LogP contribution is -2.33. The van der Waals surface area contributed by atoms with Crippen LogP contribution in [0.25, 0.3) is 0 Å². The zero-order valence-corrected chi connectivity index (χ0v) is 14.8. The minimum Gasteiger partial charge on any atom is -0.326 e. The number of nitrogens with one attached hydrogen (secondary N) is 1. The van der Waals surface area contributed by atoms with Gasteiger partial charge in [-0.15, -0.1) is 0 Å². The number of benzene rings is 1. The molecule has 2 aliphatic rings. The minimum atomic E-state index is -3.25. The first-order valence-corrected chi connectivity index (χ1v) is 9.87. The standard InChI is InChI=1S/C17H23FN2O3S/c1-12(2)10-24(22,23)20-7-6-17(11-20)9-15(17)16(21)19-14-5-3-4-13(18)8-14/h3-5,8,12,15H,6-7,9-11H2,1-2H3,(H,19,21)/t15-,17-/m1/s1. The van der Waals surface area contributed by atoms with E-state index in [1.165, 1.54) is 16.4 Å². The first-order chi connectivity index (χ1) is 11.2. The highest BCUT2D eigenvalue weighted by molar-refractivity contribution is 7.89. The summed E-state index contributed by atoms with van der Waals surface area (Å²) < 4.78 is 39.4. The van der Waals surface area contributed by atoms with Crippen molar-refractivity contribution in [2.75, 3.05) is 24.2 Å². The molecule has 3 rings (SSSR count). The highest BCUT2D eigenvalue weighted by atomic mass is 32.2. The van der Waals surface area contributed by atoms with Crippen molar-refractivity contribution < 1.29 is 17.6 Å². The van der Waals surface area contributed by atoms with E-state index in [1.807, 2.05) is 13.8 Å². The molecule has 2 fully saturated rings. The lowest BCUT2D eigenvalue weighted by Gasteiger charge is -2.18. The molecular weight excluding hydrogens is 331 g/mol. The smallest absolute Gasteiger partial charge is 0.228 e. The highest BCUT2D eigenvalue weighted by Crippen LogP contribution is 2.59. The molecule has 0 aromatic heterocycles. The van der Waals surface area contributed by atoms with Crippen LogP contribution >= 0.6 is 0 Å². The maximum Gasteiger partial charge on any atom is 0.228 e. The Morgan fingerprint density at radius 2 is 2.21 bits per heavy atom. The summed E-state index contributed by atoms with van der Waals surface area (Å²) in [6.45, 7) is 4.67. The van der Waals surface area contributed by atoms with Gasteiger partial charge in [-0.2, -0.15) is 0 Å². The van der Waals surface area contributed by atoms with Crippen molar-refractivity contribution in [1.82, 2.24) is 4.31 Å². The van der Waals surface area contributed by atoms with Crippen molar-refractivity contribution in [3.63, 3.8) is 0 Å². The summed E-state index contributed by atoms with van der Waals surface area (Å²) >= 11 is 0. The topological polar surface area (TPSA) is 66.5 Å². The second-order valence-corrected chi connectivity index (χ2v) is 9.39. The van der Waals surface area contributed by atoms with Gasteiger partial charge in [-0.05, 0) is 42.4 Å². The van der Waals surface area contributed by atoms with Gasteiger partial charge >= 0.3 is 0 Å². The molecule has 1 aliphatic carbocycles. The first kappa shape index (κ1) is 17.4. The van der Waals surface area contributed by atoms with Crippen LogP contribution in [-0.4, -0.2) is 37.5 Å². The van der Waals surface area contributed by atoms with E-state index >= 15 is 0 Å². The summed E-state index contributed by atoms with van der Waals surface area (Å²) in [4.78, 5) is 12.4. The van der Waals surface area contributed by atoms with Gasteiger partial charge in [-0.3, -0.25) is 4.79 Å². The van der Waals surface area contributed by atoms with Gasteiger partial charge in [0.05, 0.1) is 5.75 Å². The molecule has 0 bridgehead atoms. The Morgan fingerprint density at radius 3 is 2.88 bits per heavy atom. The second-order valence-electron chi connectivity index (χ2n) is 7.37. The number of sulfonamides is 1. The largest absolute Gasteiger partial charge is 0.326 e. The fourth-order valence-electron chi connectivity index (χ4n) is 3.59. The van der Waals surface area contributed by atoms with Gasteiger partial charge in [0.25, 0.3) is 0 Å². The monoisotopic (exact) mass is 354 g/mol. The number of anilines is 1. The molecular formula is C17H23FN2O3S. The molecule has 1 aliphatic heterocycles. The molecule has 1 saturated heterocycles. The van der Waals surface area contributed by atoms with Crippen LogP contribution in [0.15, 0.2) is 24.3 Å². The Kier molecular flexibility index (Phi) is 4.42. The molecule has 0 unspecified atom stereocenters. The molecule has 0 radical (unpaired) electrons. The summed E-state index contributed by atoms with van der Waals surface area (Å²) in [6, 6.07) is 5.79. The molecule has 7 heteroatoms. The third-order valence-electron chi connectivity index (χ3n) is 4.89. The van der Waals surface area contributed by atoms with Crippen LogP contribution in [0.3, 0.4) is 0 Å². The predicted molar refractivity (Wildman–Crippen MR) is 90.4 cm³/mol. The van der Waals surface area contributed by atoms with Gasteiger partial charge in [0.15, 0.2) is 0 Å². The van der Waals surface area contributed by atoms with Crippen molar-refractivity contribution in [3.8, 4) is 0 Å². The van der Waals surface area contributed by atoms with Gasteiger partial charge in [-0.1, -0.05) is 19.9 Å². The molecule has 1 saturated carbocycles. The Balaban J connectivity index is 1.61. The number of hydrogen-bond donors (Lipinski definition) is 1. The predicted octanol–water partition coefficient (Wildman–Crippen LogP) is 2.46. The summed E-state index contributed by atoms with van der Waals surface area (Å²) in [7, 11) is -3.25. The summed E-state index contributed by atoms with van der Waals surface area (Å²) in [6.07, 6.45) is 1.41. The number of carbonyl (C=O) groups excluding carboxylic acids is 1. The molecule has 2 atom stereocenters. The van der Waals surface area contributed by atoms with Crippen LogP contribution in [0.2, 0.25) is 0 Å². The van der Waals surface area contributed by atoms with Crippen LogP contribution in [-0.2, 0) is 14.8 Å². The van der Waals surface area contributed by atoms with Gasteiger partial charge in [0.2, 0.25) is 15.9 Å². The molecule has 1 amide bonds. The van der Waals surface area contributed by atoms with Gasteiger partial charge < -0.3 is 5.32 Å². The SMILES string of the molecule is CC(C)CS(=O)(=O)N1CC[C@@]2(C[C@@H]2C(=O)Nc2cccc(F)c2)C1. The molecule has 5 nitrogen and oxygen atoms in total. The van der Waals surface area contributed by atoms with Crippen LogP contribution in [0.4, 0.5) is 10.1 Å². The normalized spacial score (nSPS) is 26.9. The highest BCUT2D eigenvalue weighted by Gasteiger charge is 2.62. The molecule has 1 heterocycles. The van der Waals surface area contributed by atoms with E-state index in [9.17, 15) is 17.6 Å². The molecule has 132 valence electrons. The van der Waals surface area contributed by atoms with Crippen LogP contribution in [0.1, 0.15) is 26.7 Å². The van der Waals surface area contributed by atoms with Crippen molar-refractivity contribution in [2.45, 2.75) is 26.7 Å². The van der Waals surface area contributed by atoms with Crippen molar-refractivity contribution >= 4 is 21.6 Å². The summed E-state index contributed by atoms with van der Waals surface area (Å²) in [5.74, 6) is -0.518. The molecule has 1 aromatic carbocycles. The van der Waals surface area contributed by atoms with E-state index in [0.717, 1.165) is 0 Å². The zero-order chi connectivity index (χ0) is 17.5. The van der Waals surface area contributed by atoms with Crippen molar-refractivity contribution in [3.05, 3.63) is 30.1 Å². The van der Waals surface area contributed by atoms with Crippen LogP contribution in [0.5, 0.6) is 0 Å². The van der Waals surface area contributed by atoms with E-state index in [0.29, 0.717) is 31.6 Å². The average Bonchev–Trinajstić information content (AvgIpc) is 2.97. The van der Waals surface area contributed by atoms with E-state index in [4.69, 9.17) is 0 Å². The van der Waals surface area contributed by atoms with Gasteiger partial charge in [0, 0.05) is 24.7 Å². The molecule has 1 N–H and O–H groups in total. The number of hydrogen-bond acceptors (Lipinski definition) is 3. The van der Waals surface area contributed by atoms with Gasteiger partial charge in [-0.25, -0.2) is 17.1 Å². The maximum absolute atomic E-state index is 13.2. The number of amides is 1. The zero-order valence-electron chi connectivity index (χ0n) is 14.0. The minimum absolute atomic E-state index is 0.0813. The average molecular weight is 354 g/mol. The third kappa shape index (κ3) is 3.47. The lowest BCUT2D eigenvalue weighted by molar-refractivity contribution is -0.118. The fraction of sp³-hybridized carbons (Fsp3) is 0.588. The van der Waals surface area contributed by atoms with Crippen LogP contribution in [0, 0.1) is 23.1 Å². The fourth-order valence-corrected chi connectivity index (χ4v) is 5.46. The Morgan fingerprint density at radius 1 is 1.46 bits per heavy atom. The quantitative estimate of drug-likeness (QED) is 0.883. The van der Waals surface area contributed by atoms with E-state index < -0.39 is 15.8 Å². The lowest BCUT2D eigenvalue weighted by atomic mass is 10.0. The number of carbonyl (C=O) groups is 1. The van der Waals surface area contributed by atoms with E-state index in [1.54, 1.807) is 12.1 Å². The molecule has 24 heavy (non-hydrogen) atoms. The third-order valence-corrected chi connectivity index (χ3v) is 7.07. The molecule has 1 spiro atoms. The summed E-state index contributed by atoms with van der Waals surface area (Å²) in [5.41, 5.74) is 0.200. The maximum atomic E-state index is 13.2. The van der Waals surface area contributed by atoms with Gasteiger partial charge in [0.1, 0.15) is 5.82 Å².